The van der Waals surface area contributed by atoms with Crippen molar-refractivity contribution in [3.8, 4) is 11.5 Å². The second kappa shape index (κ2) is 13.2. The number of benzene rings is 1. The first-order valence-electron chi connectivity index (χ1n) is 12.8. The van der Waals surface area contributed by atoms with Crippen molar-refractivity contribution in [2.24, 2.45) is 0 Å². The number of hydrogen-bond acceptors (Lipinski definition) is 4. The molecule has 0 aliphatic rings. The van der Waals surface area contributed by atoms with E-state index in [1.807, 2.05) is 40.9 Å². The van der Waals surface area contributed by atoms with Crippen LogP contribution in [0.25, 0.3) is 5.52 Å². The summed E-state index contributed by atoms with van der Waals surface area (Å²) in [5.41, 5.74) is 3.40. The monoisotopic (exact) mass is 464 g/mol. The summed E-state index contributed by atoms with van der Waals surface area (Å²) in [6.07, 6.45) is 8.64. The topological polar surface area (TPSA) is 43.2 Å². The molecule has 0 saturated heterocycles. The van der Waals surface area contributed by atoms with Crippen LogP contribution in [0.1, 0.15) is 74.5 Å². The Balaban J connectivity index is 1.67. The molecular weight excluding hydrogens is 424 g/mol. The molecule has 0 aliphatic carbocycles. The molecule has 0 radical (unpaired) electrons. The fourth-order valence-electron chi connectivity index (χ4n) is 4.34. The predicted octanol–water partition coefficient (Wildman–Crippen LogP) is 6.41. The van der Waals surface area contributed by atoms with E-state index < -0.39 is 0 Å². The largest absolute Gasteiger partial charge is 0.493 e. The Kier molecular flexibility index (Phi) is 10.0. The zero-order valence-electron chi connectivity index (χ0n) is 21.3. The van der Waals surface area contributed by atoms with E-state index in [0.29, 0.717) is 29.4 Å². The predicted molar refractivity (Wildman–Crippen MR) is 140 cm³/mol. The van der Waals surface area contributed by atoms with Crippen molar-refractivity contribution in [1.82, 2.24) is 9.30 Å². The Labute approximate surface area is 204 Å². The van der Waals surface area contributed by atoms with E-state index in [2.05, 4.69) is 31.7 Å². The molecule has 184 valence electrons. The van der Waals surface area contributed by atoms with Gasteiger partial charge in [0.15, 0.2) is 11.5 Å². The third kappa shape index (κ3) is 6.41. The molecule has 0 atom stereocenters. The molecule has 34 heavy (non-hydrogen) atoms. The van der Waals surface area contributed by atoms with Crippen molar-refractivity contribution < 1.29 is 14.3 Å². The first kappa shape index (κ1) is 25.8. The molecule has 1 aromatic carbocycles. The SMILES string of the molecule is CCCCN(CCCC)CCCOc1ccc(C(=O)c2c(CC)cc3ccccn23)cc1OC. The van der Waals surface area contributed by atoms with E-state index in [9.17, 15) is 4.79 Å². The molecule has 2 heterocycles. The van der Waals surface area contributed by atoms with Crippen LogP contribution in [0.2, 0.25) is 0 Å². The van der Waals surface area contributed by atoms with Crippen LogP contribution in [0.3, 0.4) is 0 Å². The van der Waals surface area contributed by atoms with Crippen LogP contribution in [-0.4, -0.2) is 48.4 Å². The number of aromatic nitrogens is 1. The summed E-state index contributed by atoms with van der Waals surface area (Å²) >= 11 is 0. The molecule has 5 heteroatoms. The van der Waals surface area contributed by atoms with Crippen molar-refractivity contribution in [2.75, 3.05) is 33.4 Å². The van der Waals surface area contributed by atoms with Gasteiger partial charge in [-0.15, -0.1) is 0 Å². The summed E-state index contributed by atoms with van der Waals surface area (Å²) in [6.45, 7) is 10.5. The highest BCUT2D eigenvalue weighted by atomic mass is 16.5. The number of carbonyl (C=O) groups is 1. The van der Waals surface area contributed by atoms with E-state index >= 15 is 0 Å². The van der Waals surface area contributed by atoms with Crippen LogP contribution in [0.5, 0.6) is 11.5 Å². The Morgan fingerprint density at radius 2 is 1.65 bits per heavy atom. The molecule has 2 aromatic heterocycles. The number of carbonyl (C=O) groups excluding carboxylic acids is 1. The van der Waals surface area contributed by atoms with Gasteiger partial charge in [-0.25, -0.2) is 0 Å². The molecule has 0 N–H and O–H groups in total. The van der Waals surface area contributed by atoms with Gasteiger partial charge in [0.25, 0.3) is 0 Å². The van der Waals surface area contributed by atoms with Gasteiger partial charge < -0.3 is 18.8 Å². The van der Waals surface area contributed by atoms with Gasteiger partial charge in [0.1, 0.15) is 0 Å². The highest BCUT2D eigenvalue weighted by molar-refractivity contribution is 6.10. The van der Waals surface area contributed by atoms with Gasteiger partial charge in [-0.05, 0) is 80.7 Å². The highest BCUT2D eigenvalue weighted by Gasteiger charge is 2.20. The average Bonchev–Trinajstić information content (AvgIpc) is 3.26. The third-order valence-electron chi connectivity index (χ3n) is 6.31. The molecule has 0 aliphatic heterocycles. The Hall–Kier alpha value is -2.79. The molecule has 0 saturated carbocycles. The minimum atomic E-state index is -0.00427. The van der Waals surface area contributed by atoms with Gasteiger partial charge in [-0.3, -0.25) is 4.79 Å². The molecule has 0 fully saturated rings. The normalized spacial score (nSPS) is 11.3. The van der Waals surface area contributed by atoms with Crippen LogP contribution in [0.4, 0.5) is 0 Å². The van der Waals surface area contributed by atoms with Gasteiger partial charge in [-0.2, -0.15) is 0 Å². The van der Waals surface area contributed by atoms with E-state index in [1.54, 1.807) is 13.2 Å². The number of unbranched alkanes of at least 4 members (excludes halogenated alkanes) is 2. The number of pyridine rings is 1. The fourth-order valence-corrected chi connectivity index (χ4v) is 4.34. The molecular formula is C29H40N2O3. The number of hydrogen-bond donors (Lipinski definition) is 0. The fraction of sp³-hybridized carbons (Fsp3) is 0.483. The van der Waals surface area contributed by atoms with E-state index in [0.717, 1.165) is 43.6 Å². The van der Waals surface area contributed by atoms with Gasteiger partial charge in [0.05, 0.1) is 19.4 Å². The first-order valence-corrected chi connectivity index (χ1v) is 12.8. The van der Waals surface area contributed by atoms with Gasteiger partial charge in [0, 0.05) is 23.8 Å². The van der Waals surface area contributed by atoms with E-state index in [1.165, 1.54) is 25.7 Å². The lowest BCUT2D eigenvalue weighted by Gasteiger charge is -2.22. The standard InChI is InChI=1S/C29H40N2O3/c1-5-8-16-30(17-9-6-2)18-12-20-34-26-15-14-24(22-27(26)33-4)29(32)28-23(7-3)21-25-13-10-11-19-31(25)28/h10-11,13-15,19,21-22H,5-9,12,16-18,20H2,1-4H3. The summed E-state index contributed by atoms with van der Waals surface area (Å²) < 4.78 is 13.6. The summed E-state index contributed by atoms with van der Waals surface area (Å²) in [5, 5.41) is 0. The first-order chi connectivity index (χ1) is 16.6. The minimum Gasteiger partial charge on any atom is -0.493 e. The third-order valence-corrected chi connectivity index (χ3v) is 6.31. The summed E-state index contributed by atoms with van der Waals surface area (Å²) in [4.78, 5) is 16.0. The minimum absolute atomic E-state index is 0.00427. The van der Waals surface area contributed by atoms with E-state index in [-0.39, 0.29) is 5.78 Å². The second-order valence-electron chi connectivity index (χ2n) is 8.81. The van der Waals surface area contributed by atoms with Crippen molar-refractivity contribution >= 4 is 11.3 Å². The number of fused-ring (bicyclic) bond motifs is 1. The number of aryl methyl sites for hydroxylation is 1. The molecule has 0 spiro atoms. The Bertz CT molecular complexity index is 1050. The smallest absolute Gasteiger partial charge is 0.210 e. The highest BCUT2D eigenvalue weighted by Crippen LogP contribution is 2.30. The number of ketones is 1. The second-order valence-corrected chi connectivity index (χ2v) is 8.81. The van der Waals surface area contributed by atoms with E-state index in [4.69, 9.17) is 9.47 Å². The van der Waals surface area contributed by atoms with Crippen molar-refractivity contribution in [1.29, 1.82) is 0 Å². The Morgan fingerprint density at radius 1 is 0.912 bits per heavy atom. The van der Waals surface area contributed by atoms with Crippen LogP contribution < -0.4 is 9.47 Å². The van der Waals surface area contributed by atoms with Crippen molar-refractivity contribution in [2.45, 2.75) is 59.3 Å². The maximum absolute atomic E-state index is 13.5. The number of methoxy groups -OCH3 is 1. The zero-order valence-corrected chi connectivity index (χ0v) is 21.3. The molecule has 3 aromatic rings. The Morgan fingerprint density at radius 3 is 2.32 bits per heavy atom. The maximum Gasteiger partial charge on any atom is 0.210 e. The van der Waals surface area contributed by atoms with Crippen LogP contribution >= 0.6 is 0 Å². The van der Waals surface area contributed by atoms with Gasteiger partial charge in [-0.1, -0.05) is 39.7 Å². The average molecular weight is 465 g/mol. The number of rotatable bonds is 15. The van der Waals surface area contributed by atoms with Crippen LogP contribution in [0, 0.1) is 0 Å². The van der Waals surface area contributed by atoms with Crippen LogP contribution in [-0.2, 0) is 6.42 Å². The number of ether oxygens (including phenoxy) is 2. The summed E-state index contributed by atoms with van der Waals surface area (Å²) in [7, 11) is 1.62. The molecule has 3 rings (SSSR count). The molecule has 5 nitrogen and oxygen atoms in total. The van der Waals surface area contributed by atoms with Gasteiger partial charge >= 0.3 is 0 Å². The van der Waals surface area contributed by atoms with Crippen LogP contribution in [0.15, 0.2) is 48.7 Å². The van der Waals surface area contributed by atoms with Crippen molar-refractivity contribution in [3.63, 3.8) is 0 Å². The molecule has 0 unspecified atom stereocenters. The molecule has 0 amide bonds. The lowest BCUT2D eigenvalue weighted by molar-refractivity contribution is 0.103. The lowest BCUT2D eigenvalue weighted by Crippen LogP contribution is -2.28. The quantitative estimate of drug-likeness (QED) is 0.192. The maximum atomic E-state index is 13.5. The van der Waals surface area contributed by atoms with Gasteiger partial charge in [0.2, 0.25) is 5.78 Å². The lowest BCUT2D eigenvalue weighted by atomic mass is 10.0. The zero-order chi connectivity index (χ0) is 24.3. The number of nitrogens with zero attached hydrogens (tertiary/aromatic N) is 2. The molecule has 0 bridgehead atoms. The summed E-state index contributed by atoms with van der Waals surface area (Å²) in [6, 6.07) is 13.6. The summed E-state index contributed by atoms with van der Waals surface area (Å²) in [5.74, 6) is 1.28. The van der Waals surface area contributed by atoms with Crippen molar-refractivity contribution in [3.05, 3.63) is 65.5 Å².